The van der Waals surface area contributed by atoms with Crippen molar-refractivity contribution in [3.8, 4) is 12.1 Å². The number of benzene rings is 1. The summed E-state index contributed by atoms with van der Waals surface area (Å²) in [6.07, 6.45) is 1.09. The Labute approximate surface area is 120 Å². The second-order valence-corrected chi connectivity index (χ2v) is 5.26. The molecule has 1 heterocycles. The monoisotopic (exact) mass is 269 g/mol. The van der Waals surface area contributed by atoms with E-state index in [-0.39, 0.29) is 11.5 Å². The van der Waals surface area contributed by atoms with Crippen molar-refractivity contribution in [3.63, 3.8) is 0 Å². The quantitative estimate of drug-likeness (QED) is 0.795. The van der Waals surface area contributed by atoms with Crippen LogP contribution in [0.25, 0.3) is 0 Å². The van der Waals surface area contributed by atoms with E-state index in [1.54, 1.807) is 7.11 Å². The van der Waals surface area contributed by atoms with Gasteiger partial charge in [0.25, 0.3) is 0 Å². The van der Waals surface area contributed by atoms with Crippen LogP contribution < -0.4 is 0 Å². The van der Waals surface area contributed by atoms with Crippen LogP contribution in [0.3, 0.4) is 0 Å². The molecule has 1 aromatic rings. The molecule has 104 valence electrons. The first kappa shape index (κ1) is 14.5. The highest BCUT2D eigenvalue weighted by Crippen LogP contribution is 2.35. The Morgan fingerprint density at radius 2 is 2.00 bits per heavy atom. The van der Waals surface area contributed by atoms with Crippen LogP contribution in [0.4, 0.5) is 0 Å². The van der Waals surface area contributed by atoms with Crippen molar-refractivity contribution in [3.05, 3.63) is 35.9 Å². The van der Waals surface area contributed by atoms with Gasteiger partial charge < -0.3 is 4.74 Å². The Morgan fingerprint density at radius 3 is 2.55 bits per heavy atom. The van der Waals surface area contributed by atoms with Gasteiger partial charge in [-0.05, 0) is 12.0 Å². The van der Waals surface area contributed by atoms with Gasteiger partial charge in [0, 0.05) is 33.2 Å². The molecule has 1 fully saturated rings. The Hall–Kier alpha value is -1.88. The number of hydrogen-bond donors (Lipinski definition) is 0. The lowest BCUT2D eigenvalue weighted by Gasteiger charge is -2.50. The highest BCUT2D eigenvalue weighted by atomic mass is 16.5. The third-order valence-electron chi connectivity index (χ3n) is 3.91. The van der Waals surface area contributed by atoms with Crippen molar-refractivity contribution in [2.75, 3.05) is 26.7 Å². The summed E-state index contributed by atoms with van der Waals surface area (Å²) in [7, 11) is 1.74. The molecule has 1 aliphatic heterocycles. The fourth-order valence-corrected chi connectivity index (χ4v) is 2.72. The van der Waals surface area contributed by atoms with Gasteiger partial charge in [-0.3, -0.25) is 4.90 Å². The Morgan fingerprint density at radius 1 is 1.30 bits per heavy atom. The van der Waals surface area contributed by atoms with Crippen LogP contribution in [0.2, 0.25) is 0 Å². The predicted molar refractivity (Wildman–Crippen MR) is 75.5 cm³/mol. The standard InChI is InChI=1S/C16H19N3O/c1-20-16(15-7-3-2-4-8-15)12-19(13-16)11-14(10-18)6-5-9-17/h2-4,7-8,14H,5-6,11-13H2,1H3. The molecule has 1 aliphatic rings. The molecule has 4 heteroatoms. The van der Waals surface area contributed by atoms with Gasteiger partial charge in [-0.2, -0.15) is 10.5 Å². The maximum atomic E-state index is 9.11. The van der Waals surface area contributed by atoms with Crippen LogP contribution in [-0.2, 0) is 10.3 Å². The summed E-state index contributed by atoms with van der Waals surface area (Å²) in [5, 5.41) is 17.7. The van der Waals surface area contributed by atoms with Crippen LogP contribution >= 0.6 is 0 Å². The Bertz CT molecular complexity index is 509. The number of ether oxygens (including phenoxy) is 1. The van der Waals surface area contributed by atoms with E-state index in [0.717, 1.165) is 19.6 Å². The maximum absolute atomic E-state index is 9.11. The molecule has 0 amide bonds. The van der Waals surface area contributed by atoms with E-state index < -0.39 is 0 Å². The van der Waals surface area contributed by atoms with E-state index >= 15 is 0 Å². The minimum atomic E-state index is -0.240. The van der Waals surface area contributed by atoms with Gasteiger partial charge in [0.15, 0.2) is 0 Å². The fourth-order valence-electron chi connectivity index (χ4n) is 2.72. The van der Waals surface area contributed by atoms with Crippen LogP contribution in [0.1, 0.15) is 18.4 Å². The smallest absolute Gasteiger partial charge is 0.118 e. The third-order valence-corrected chi connectivity index (χ3v) is 3.91. The molecule has 1 atom stereocenters. The summed E-state index contributed by atoms with van der Waals surface area (Å²) < 4.78 is 5.71. The van der Waals surface area contributed by atoms with Gasteiger partial charge in [-0.15, -0.1) is 0 Å². The average Bonchev–Trinajstić information content (AvgIpc) is 2.46. The van der Waals surface area contributed by atoms with E-state index in [0.29, 0.717) is 12.8 Å². The van der Waals surface area contributed by atoms with Gasteiger partial charge in [0.05, 0.1) is 18.1 Å². The topological polar surface area (TPSA) is 60.0 Å². The summed E-state index contributed by atoms with van der Waals surface area (Å²) in [4.78, 5) is 2.22. The number of methoxy groups -OCH3 is 1. The molecule has 2 rings (SSSR count). The first-order valence-corrected chi connectivity index (χ1v) is 6.83. The van der Waals surface area contributed by atoms with E-state index in [9.17, 15) is 0 Å². The first-order chi connectivity index (χ1) is 9.74. The third kappa shape index (κ3) is 2.99. The molecule has 4 nitrogen and oxygen atoms in total. The number of rotatable bonds is 6. The second kappa shape index (κ2) is 6.52. The molecule has 0 saturated carbocycles. The summed E-state index contributed by atoms with van der Waals surface area (Å²) in [5.41, 5.74) is 0.945. The van der Waals surface area contributed by atoms with Crippen molar-refractivity contribution in [2.45, 2.75) is 18.4 Å². The lowest BCUT2D eigenvalue weighted by molar-refractivity contribution is -0.133. The van der Waals surface area contributed by atoms with Gasteiger partial charge in [0.2, 0.25) is 0 Å². The minimum absolute atomic E-state index is 0.0692. The van der Waals surface area contributed by atoms with Crippen molar-refractivity contribution in [1.82, 2.24) is 4.90 Å². The summed E-state index contributed by atoms with van der Waals surface area (Å²) in [6.45, 7) is 2.33. The zero-order chi connectivity index (χ0) is 14.4. The molecule has 1 unspecified atom stereocenters. The molecular weight excluding hydrogens is 250 g/mol. The number of hydrogen-bond acceptors (Lipinski definition) is 4. The van der Waals surface area contributed by atoms with Crippen LogP contribution in [0.5, 0.6) is 0 Å². The lowest BCUT2D eigenvalue weighted by Crippen LogP contribution is -2.61. The van der Waals surface area contributed by atoms with Crippen molar-refractivity contribution in [2.24, 2.45) is 5.92 Å². The Balaban J connectivity index is 1.92. The van der Waals surface area contributed by atoms with Gasteiger partial charge in [0.1, 0.15) is 5.60 Å². The Kier molecular flexibility index (Phi) is 4.74. The van der Waals surface area contributed by atoms with E-state index in [1.165, 1.54) is 5.56 Å². The average molecular weight is 269 g/mol. The second-order valence-electron chi connectivity index (χ2n) is 5.26. The number of nitriles is 2. The molecule has 0 radical (unpaired) electrons. The van der Waals surface area contributed by atoms with E-state index in [2.05, 4.69) is 29.2 Å². The molecule has 20 heavy (non-hydrogen) atoms. The van der Waals surface area contributed by atoms with Gasteiger partial charge in [-0.1, -0.05) is 30.3 Å². The van der Waals surface area contributed by atoms with E-state index in [4.69, 9.17) is 15.3 Å². The van der Waals surface area contributed by atoms with Gasteiger partial charge in [-0.25, -0.2) is 0 Å². The molecule has 0 bridgehead atoms. The van der Waals surface area contributed by atoms with Crippen molar-refractivity contribution in [1.29, 1.82) is 10.5 Å². The van der Waals surface area contributed by atoms with Gasteiger partial charge >= 0.3 is 0 Å². The highest BCUT2D eigenvalue weighted by Gasteiger charge is 2.44. The normalized spacial score (nSPS) is 18.6. The molecule has 0 spiro atoms. The fraction of sp³-hybridized carbons (Fsp3) is 0.500. The van der Waals surface area contributed by atoms with Crippen LogP contribution in [0, 0.1) is 28.6 Å². The van der Waals surface area contributed by atoms with Crippen molar-refractivity contribution < 1.29 is 4.74 Å². The highest BCUT2D eigenvalue weighted by molar-refractivity contribution is 5.26. The molecule has 1 saturated heterocycles. The van der Waals surface area contributed by atoms with E-state index in [1.807, 2.05) is 18.2 Å². The lowest BCUT2D eigenvalue weighted by atomic mass is 9.85. The summed E-state index contributed by atoms with van der Waals surface area (Å²) >= 11 is 0. The minimum Gasteiger partial charge on any atom is -0.371 e. The van der Waals surface area contributed by atoms with Crippen LogP contribution in [-0.4, -0.2) is 31.6 Å². The summed E-state index contributed by atoms with van der Waals surface area (Å²) in [5.74, 6) is -0.0692. The zero-order valence-electron chi connectivity index (χ0n) is 11.7. The largest absolute Gasteiger partial charge is 0.371 e. The molecule has 0 aliphatic carbocycles. The first-order valence-electron chi connectivity index (χ1n) is 6.83. The summed E-state index contributed by atoms with van der Waals surface area (Å²) in [6, 6.07) is 14.6. The molecule has 0 aromatic heterocycles. The molecule has 0 N–H and O–H groups in total. The predicted octanol–water partition coefficient (Wildman–Crippen LogP) is 2.29. The SMILES string of the molecule is COC1(c2ccccc2)CN(CC(C#N)CCC#N)C1. The zero-order valence-corrected chi connectivity index (χ0v) is 11.7. The molecule has 1 aromatic carbocycles. The van der Waals surface area contributed by atoms with Crippen molar-refractivity contribution >= 4 is 0 Å². The van der Waals surface area contributed by atoms with Crippen LogP contribution in [0.15, 0.2) is 30.3 Å². The molecular formula is C16H19N3O. The number of nitrogens with zero attached hydrogens (tertiary/aromatic N) is 3. The maximum Gasteiger partial charge on any atom is 0.118 e. The number of likely N-dealkylation sites (tertiary alicyclic amines) is 1.